The van der Waals surface area contributed by atoms with Crippen LogP contribution in [0.3, 0.4) is 0 Å². The molecule has 1 saturated carbocycles. The van der Waals surface area contributed by atoms with E-state index >= 15 is 0 Å². The van der Waals surface area contributed by atoms with E-state index in [1.807, 2.05) is 6.92 Å². The van der Waals surface area contributed by atoms with E-state index in [1.54, 1.807) is 0 Å². The normalized spacial score (nSPS) is 33.9. The third-order valence-corrected chi connectivity index (χ3v) is 4.62. The molecule has 0 amide bonds. The van der Waals surface area contributed by atoms with Gasteiger partial charge < -0.3 is 4.74 Å². The summed E-state index contributed by atoms with van der Waals surface area (Å²) in [6.07, 6.45) is 7.96. The van der Waals surface area contributed by atoms with Crippen LogP contribution in [0.25, 0.3) is 0 Å². The summed E-state index contributed by atoms with van der Waals surface area (Å²) in [4.78, 5) is 2.53. The number of rotatable bonds is 6. The lowest BCUT2D eigenvalue weighted by Crippen LogP contribution is -2.45. The van der Waals surface area contributed by atoms with Gasteiger partial charge in [0, 0.05) is 19.1 Å². The third kappa shape index (κ3) is 3.47. The van der Waals surface area contributed by atoms with Crippen molar-refractivity contribution in [3.05, 3.63) is 0 Å². The van der Waals surface area contributed by atoms with Crippen molar-refractivity contribution in [1.29, 1.82) is 5.26 Å². The molecule has 0 radical (unpaired) electrons. The molecule has 2 aliphatic heterocycles. The smallest absolute Gasteiger partial charge is 0.104 e. The number of fused-ring (bicyclic) bond motifs is 2. The summed E-state index contributed by atoms with van der Waals surface area (Å²) in [5, 5.41) is 12.8. The largest absolute Gasteiger partial charge is 0.372 e. The second-order valence-electron chi connectivity index (χ2n) is 6.68. The average Bonchev–Trinajstić information content (AvgIpc) is 3.14. The van der Waals surface area contributed by atoms with Crippen LogP contribution >= 0.6 is 0 Å². The molecule has 0 aromatic rings. The van der Waals surface area contributed by atoms with Crippen LogP contribution in [-0.2, 0) is 4.74 Å². The van der Waals surface area contributed by atoms with Crippen molar-refractivity contribution in [2.45, 2.75) is 69.2 Å². The topological polar surface area (TPSA) is 48.3 Å². The molecule has 19 heavy (non-hydrogen) atoms. The van der Waals surface area contributed by atoms with Crippen molar-refractivity contribution in [1.82, 2.24) is 10.2 Å². The molecule has 2 heterocycles. The predicted octanol–water partition coefficient (Wildman–Crippen LogP) is 1.66. The average molecular weight is 263 g/mol. The van der Waals surface area contributed by atoms with Crippen LogP contribution < -0.4 is 5.32 Å². The van der Waals surface area contributed by atoms with Crippen LogP contribution in [0.1, 0.15) is 45.4 Å². The molecule has 1 aliphatic carbocycles. The Labute approximate surface area is 116 Å². The van der Waals surface area contributed by atoms with Crippen LogP contribution in [0, 0.1) is 11.3 Å². The van der Waals surface area contributed by atoms with Gasteiger partial charge in [0.25, 0.3) is 0 Å². The van der Waals surface area contributed by atoms with Crippen LogP contribution in [0.5, 0.6) is 0 Å². The summed E-state index contributed by atoms with van der Waals surface area (Å²) in [6.45, 7) is 5.35. The van der Waals surface area contributed by atoms with Crippen LogP contribution in [0.15, 0.2) is 0 Å². The summed E-state index contributed by atoms with van der Waals surface area (Å²) in [5.41, 5.74) is -0.327. The summed E-state index contributed by atoms with van der Waals surface area (Å²) in [6, 6.07) is 3.06. The van der Waals surface area contributed by atoms with Gasteiger partial charge in [-0.3, -0.25) is 10.2 Å². The van der Waals surface area contributed by atoms with Gasteiger partial charge in [0.15, 0.2) is 0 Å². The standard InChI is InChI=1S/C15H25N3O/c1-15(11-16,17-12-3-4-12)7-2-8-18-9-13-5-6-14(10-18)19-13/h12-14,17H,2-10H2,1H3. The van der Waals surface area contributed by atoms with Gasteiger partial charge in [-0.2, -0.15) is 5.26 Å². The summed E-state index contributed by atoms with van der Waals surface area (Å²) < 4.78 is 5.85. The maximum atomic E-state index is 9.35. The molecule has 2 saturated heterocycles. The molecule has 0 aromatic heterocycles. The van der Waals surface area contributed by atoms with E-state index < -0.39 is 0 Å². The maximum absolute atomic E-state index is 9.35. The first-order valence-electron chi connectivity index (χ1n) is 7.74. The lowest BCUT2D eigenvalue weighted by Gasteiger charge is -2.33. The van der Waals surface area contributed by atoms with Gasteiger partial charge in [0.2, 0.25) is 0 Å². The van der Waals surface area contributed by atoms with Crippen molar-refractivity contribution in [3.8, 4) is 6.07 Å². The highest BCUT2D eigenvalue weighted by molar-refractivity contribution is 5.07. The number of ether oxygens (including phenoxy) is 1. The molecule has 106 valence electrons. The Morgan fingerprint density at radius 2 is 1.95 bits per heavy atom. The molecule has 3 aliphatic rings. The fraction of sp³-hybridized carbons (Fsp3) is 0.933. The molecule has 0 aromatic carbocycles. The Morgan fingerprint density at radius 3 is 2.53 bits per heavy atom. The number of nitrogens with zero attached hydrogens (tertiary/aromatic N) is 2. The lowest BCUT2D eigenvalue weighted by atomic mass is 9.97. The second-order valence-corrected chi connectivity index (χ2v) is 6.68. The summed E-state index contributed by atoms with van der Waals surface area (Å²) in [5.74, 6) is 0. The monoisotopic (exact) mass is 263 g/mol. The van der Waals surface area contributed by atoms with E-state index in [-0.39, 0.29) is 5.54 Å². The number of likely N-dealkylation sites (tertiary alicyclic amines) is 1. The number of morpholine rings is 1. The molecule has 0 spiro atoms. The Bertz CT molecular complexity index is 351. The van der Waals surface area contributed by atoms with Crippen molar-refractivity contribution in [2.24, 2.45) is 0 Å². The second kappa shape index (κ2) is 5.40. The first-order chi connectivity index (χ1) is 9.17. The molecular formula is C15H25N3O. The minimum atomic E-state index is -0.327. The minimum absolute atomic E-state index is 0.327. The number of nitrogens with one attached hydrogen (secondary N) is 1. The Morgan fingerprint density at radius 1 is 1.26 bits per heavy atom. The molecule has 1 N–H and O–H groups in total. The Hall–Kier alpha value is -0.630. The Kier molecular flexibility index (Phi) is 3.79. The SMILES string of the molecule is CC(C#N)(CCCN1CC2CCC(C1)O2)NC1CC1. The summed E-state index contributed by atoms with van der Waals surface area (Å²) in [7, 11) is 0. The number of hydrogen-bond acceptors (Lipinski definition) is 4. The quantitative estimate of drug-likeness (QED) is 0.792. The van der Waals surface area contributed by atoms with Gasteiger partial charge >= 0.3 is 0 Å². The van der Waals surface area contributed by atoms with Gasteiger partial charge in [-0.1, -0.05) is 0 Å². The molecule has 4 heteroatoms. The van der Waals surface area contributed by atoms with Crippen LogP contribution in [0.4, 0.5) is 0 Å². The van der Waals surface area contributed by atoms with Gasteiger partial charge in [0.1, 0.15) is 5.54 Å². The van der Waals surface area contributed by atoms with Crippen molar-refractivity contribution in [2.75, 3.05) is 19.6 Å². The van der Waals surface area contributed by atoms with Gasteiger partial charge in [0.05, 0.1) is 18.3 Å². The highest BCUT2D eigenvalue weighted by atomic mass is 16.5. The highest BCUT2D eigenvalue weighted by Crippen LogP contribution is 2.27. The Balaban J connectivity index is 1.41. The van der Waals surface area contributed by atoms with E-state index in [9.17, 15) is 5.26 Å². The molecule has 3 rings (SSSR count). The zero-order chi connectivity index (χ0) is 13.3. The fourth-order valence-corrected chi connectivity index (χ4v) is 3.38. The third-order valence-electron chi connectivity index (χ3n) is 4.62. The van der Waals surface area contributed by atoms with E-state index in [0.717, 1.165) is 32.5 Å². The van der Waals surface area contributed by atoms with Gasteiger partial charge in [-0.15, -0.1) is 0 Å². The predicted molar refractivity (Wildman–Crippen MR) is 73.7 cm³/mol. The van der Waals surface area contributed by atoms with Gasteiger partial charge in [-0.05, 0) is 52.0 Å². The molecule has 2 bridgehead atoms. The molecular weight excluding hydrogens is 238 g/mol. The summed E-state index contributed by atoms with van der Waals surface area (Å²) >= 11 is 0. The van der Waals surface area contributed by atoms with Crippen molar-refractivity contribution >= 4 is 0 Å². The van der Waals surface area contributed by atoms with E-state index in [0.29, 0.717) is 18.2 Å². The minimum Gasteiger partial charge on any atom is -0.372 e. The first-order valence-corrected chi connectivity index (χ1v) is 7.74. The van der Waals surface area contributed by atoms with Crippen LogP contribution in [0.2, 0.25) is 0 Å². The maximum Gasteiger partial charge on any atom is 0.104 e. The van der Waals surface area contributed by atoms with Crippen molar-refractivity contribution < 1.29 is 4.74 Å². The van der Waals surface area contributed by atoms with Gasteiger partial charge in [-0.25, -0.2) is 0 Å². The van der Waals surface area contributed by atoms with E-state index in [2.05, 4.69) is 16.3 Å². The van der Waals surface area contributed by atoms with E-state index in [4.69, 9.17) is 4.74 Å². The van der Waals surface area contributed by atoms with Crippen LogP contribution in [-0.4, -0.2) is 48.3 Å². The first kappa shape index (κ1) is 13.4. The zero-order valence-corrected chi connectivity index (χ0v) is 11.9. The fourth-order valence-electron chi connectivity index (χ4n) is 3.38. The van der Waals surface area contributed by atoms with E-state index in [1.165, 1.54) is 25.7 Å². The zero-order valence-electron chi connectivity index (χ0n) is 11.9. The molecule has 3 unspecified atom stereocenters. The number of nitriles is 1. The molecule has 4 nitrogen and oxygen atoms in total. The molecule has 3 fully saturated rings. The van der Waals surface area contributed by atoms with Crippen molar-refractivity contribution in [3.63, 3.8) is 0 Å². The molecule has 3 atom stereocenters. The number of hydrogen-bond donors (Lipinski definition) is 1. The highest BCUT2D eigenvalue weighted by Gasteiger charge is 2.35. The lowest BCUT2D eigenvalue weighted by molar-refractivity contribution is -0.0387.